The molecule has 1 heterocycles. The summed E-state index contributed by atoms with van der Waals surface area (Å²) in [7, 11) is 1.32. The second-order valence-electron chi connectivity index (χ2n) is 12.0. The van der Waals surface area contributed by atoms with Gasteiger partial charge < -0.3 is 41.7 Å². The van der Waals surface area contributed by atoms with Crippen LogP contribution >= 0.6 is 0 Å². The van der Waals surface area contributed by atoms with Gasteiger partial charge in [-0.25, -0.2) is 0 Å². The van der Waals surface area contributed by atoms with E-state index in [-0.39, 0.29) is 31.1 Å². The van der Waals surface area contributed by atoms with Crippen LogP contribution in [-0.2, 0) is 41.6 Å². The van der Waals surface area contributed by atoms with Gasteiger partial charge in [0.1, 0.15) is 30.4 Å². The van der Waals surface area contributed by atoms with E-state index in [1.165, 1.54) is 24.1 Å². The molecule has 0 aromatic heterocycles. The maximum Gasteiger partial charge on any atom is 0.323 e. The lowest BCUT2D eigenvalue weighted by molar-refractivity contribution is -0.144. The van der Waals surface area contributed by atoms with Crippen molar-refractivity contribution in [3.05, 3.63) is 65.7 Å². The molecule has 5 amide bonds. The minimum absolute atomic E-state index is 0.0882. The maximum absolute atomic E-state index is 13.6. The molecule has 0 spiro atoms. The van der Waals surface area contributed by atoms with Crippen molar-refractivity contribution < 1.29 is 39.0 Å². The Hall–Kier alpha value is -4.98. The molecule has 1 aliphatic rings. The third kappa shape index (κ3) is 10.8. The molecular weight excluding hydrogens is 608 g/mol. The summed E-state index contributed by atoms with van der Waals surface area (Å²) < 4.78 is 0. The Bertz CT molecular complexity index is 1420. The van der Waals surface area contributed by atoms with Crippen molar-refractivity contribution in [1.82, 2.24) is 25.8 Å². The van der Waals surface area contributed by atoms with E-state index in [1.54, 1.807) is 56.3 Å². The molecule has 1 fully saturated rings. The minimum atomic E-state index is -1.20. The topological polar surface area (TPSA) is 211 Å². The standard InChI is InChI=1S/C33H44N6O8/c1-20(2)29(37-30(44)24(34)16-22-11-13-23(40)14-12-22)33(47)39-15-7-10-26(39)31(45)35-18-27(41)36-25(17-21-8-5-4-6-9-21)32(46)38(3)19-28(42)43/h4-6,8-9,11-14,20,24-26,29,40H,7,10,15-19,34H2,1-3H3,(H,35,45)(H,36,41)(H,37,44)(H,42,43)/t24-,25-,26-,29-/m0/s1. The summed E-state index contributed by atoms with van der Waals surface area (Å²) in [5.74, 6) is -4.23. The highest BCUT2D eigenvalue weighted by Crippen LogP contribution is 2.21. The minimum Gasteiger partial charge on any atom is -0.508 e. The van der Waals surface area contributed by atoms with Crippen LogP contribution in [0.2, 0.25) is 0 Å². The predicted octanol–water partition coefficient (Wildman–Crippen LogP) is -0.219. The number of rotatable bonds is 15. The summed E-state index contributed by atoms with van der Waals surface area (Å²) >= 11 is 0. The second-order valence-corrected chi connectivity index (χ2v) is 12.0. The van der Waals surface area contributed by atoms with Crippen LogP contribution in [0, 0.1) is 5.92 Å². The van der Waals surface area contributed by atoms with Crippen molar-refractivity contribution in [3.63, 3.8) is 0 Å². The fraction of sp³-hybridized carbons (Fsp3) is 0.455. The second kappa shape index (κ2) is 17.1. The number of aromatic hydroxyl groups is 1. The number of aliphatic carboxylic acids is 1. The Morgan fingerprint density at radius 2 is 1.60 bits per heavy atom. The zero-order chi connectivity index (χ0) is 34.7. The summed E-state index contributed by atoms with van der Waals surface area (Å²) in [4.78, 5) is 79.2. The number of carbonyl (C=O) groups is 6. The van der Waals surface area contributed by atoms with Crippen molar-refractivity contribution in [2.24, 2.45) is 11.7 Å². The highest BCUT2D eigenvalue weighted by molar-refractivity contribution is 5.95. The zero-order valence-corrected chi connectivity index (χ0v) is 26.8. The number of likely N-dealkylation sites (tertiary alicyclic amines) is 1. The highest BCUT2D eigenvalue weighted by atomic mass is 16.4. The lowest BCUT2D eigenvalue weighted by atomic mass is 10.0. The van der Waals surface area contributed by atoms with Gasteiger partial charge in [-0.15, -0.1) is 0 Å². The van der Waals surface area contributed by atoms with Crippen LogP contribution in [0.15, 0.2) is 54.6 Å². The van der Waals surface area contributed by atoms with Crippen LogP contribution in [0.5, 0.6) is 5.75 Å². The number of hydrogen-bond acceptors (Lipinski definition) is 8. The molecule has 3 rings (SSSR count). The molecule has 254 valence electrons. The molecule has 7 N–H and O–H groups in total. The largest absolute Gasteiger partial charge is 0.508 e. The zero-order valence-electron chi connectivity index (χ0n) is 26.8. The number of benzene rings is 2. The van der Waals surface area contributed by atoms with Gasteiger partial charge in [-0.05, 0) is 48.4 Å². The highest BCUT2D eigenvalue weighted by Gasteiger charge is 2.39. The Morgan fingerprint density at radius 1 is 0.957 bits per heavy atom. The first kappa shape index (κ1) is 36.5. The average molecular weight is 653 g/mol. The molecule has 0 saturated carbocycles. The molecule has 1 aliphatic heterocycles. The van der Waals surface area contributed by atoms with E-state index in [0.717, 1.165) is 16.0 Å². The molecular formula is C33H44N6O8. The predicted molar refractivity (Wildman–Crippen MR) is 172 cm³/mol. The Balaban J connectivity index is 1.60. The molecule has 0 bridgehead atoms. The van der Waals surface area contributed by atoms with Crippen molar-refractivity contribution in [1.29, 1.82) is 0 Å². The number of carboxylic acid groups (broad SMARTS) is 1. The summed E-state index contributed by atoms with van der Waals surface area (Å²) in [5.41, 5.74) is 7.60. The number of amides is 5. The van der Waals surface area contributed by atoms with Gasteiger partial charge in [0.25, 0.3) is 0 Å². The van der Waals surface area contributed by atoms with E-state index >= 15 is 0 Å². The number of nitrogens with one attached hydrogen (secondary N) is 3. The van der Waals surface area contributed by atoms with Crippen molar-refractivity contribution in [2.45, 2.75) is 63.7 Å². The van der Waals surface area contributed by atoms with Gasteiger partial charge >= 0.3 is 5.97 Å². The summed E-state index contributed by atoms with van der Waals surface area (Å²) in [6, 6.07) is 11.3. The number of phenols is 1. The van der Waals surface area contributed by atoms with Gasteiger partial charge in [-0.3, -0.25) is 28.8 Å². The fourth-order valence-electron chi connectivity index (χ4n) is 5.36. The van der Waals surface area contributed by atoms with E-state index in [9.17, 15) is 33.9 Å². The van der Waals surface area contributed by atoms with Gasteiger partial charge in [-0.2, -0.15) is 0 Å². The number of nitrogens with two attached hydrogens (primary N) is 1. The quantitative estimate of drug-likeness (QED) is 0.150. The van der Waals surface area contributed by atoms with Crippen LogP contribution in [-0.4, -0.2) is 106 Å². The Kier molecular flexibility index (Phi) is 13.3. The number of nitrogens with zero attached hydrogens (tertiary/aromatic N) is 2. The molecule has 0 unspecified atom stereocenters. The lowest BCUT2D eigenvalue weighted by Gasteiger charge is -2.31. The SMILES string of the molecule is CC(C)[C@H](NC(=O)[C@@H](N)Cc1ccc(O)cc1)C(=O)N1CCC[C@H]1C(=O)NCC(=O)N[C@@H](Cc1ccccc1)C(=O)N(C)CC(=O)O. The maximum atomic E-state index is 13.6. The molecule has 2 aromatic carbocycles. The number of carbonyl (C=O) groups excluding carboxylic acids is 5. The summed E-state index contributed by atoms with van der Waals surface area (Å²) in [6.07, 6.45) is 1.19. The number of phenolic OH excluding ortho intramolecular Hbond substituents is 1. The molecule has 14 nitrogen and oxygen atoms in total. The molecule has 47 heavy (non-hydrogen) atoms. The third-order valence-corrected chi connectivity index (χ3v) is 7.89. The lowest BCUT2D eigenvalue weighted by Crippen LogP contribution is -2.58. The van der Waals surface area contributed by atoms with Crippen LogP contribution < -0.4 is 21.7 Å². The normalized spacial score (nSPS) is 16.1. The average Bonchev–Trinajstić information content (AvgIpc) is 3.53. The number of likely N-dealkylation sites (N-methyl/N-ethyl adjacent to an activating group) is 1. The number of hydrogen-bond donors (Lipinski definition) is 6. The van der Waals surface area contributed by atoms with Crippen LogP contribution in [0.25, 0.3) is 0 Å². The first-order valence-corrected chi connectivity index (χ1v) is 15.5. The van der Waals surface area contributed by atoms with E-state index in [2.05, 4.69) is 16.0 Å². The van der Waals surface area contributed by atoms with Gasteiger partial charge in [-0.1, -0.05) is 56.3 Å². The molecule has 0 radical (unpaired) electrons. The van der Waals surface area contributed by atoms with Crippen LogP contribution in [0.1, 0.15) is 37.8 Å². The van der Waals surface area contributed by atoms with Gasteiger partial charge in [0.2, 0.25) is 29.5 Å². The van der Waals surface area contributed by atoms with Crippen LogP contribution in [0.4, 0.5) is 0 Å². The smallest absolute Gasteiger partial charge is 0.323 e. The molecule has 0 aliphatic carbocycles. The van der Waals surface area contributed by atoms with Crippen molar-refractivity contribution in [3.8, 4) is 5.75 Å². The molecule has 4 atom stereocenters. The van der Waals surface area contributed by atoms with Crippen molar-refractivity contribution in [2.75, 3.05) is 26.7 Å². The van der Waals surface area contributed by atoms with E-state index < -0.39 is 72.8 Å². The number of carboxylic acids is 1. The van der Waals surface area contributed by atoms with Gasteiger partial charge in [0.15, 0.2) is 0 Å². The fourth-order valence-corrected chi connectivity index (χ4v) is 5.36. The van der Waals surface area contributed by atoms with E-state index in [1.807, 2.05) is 0 Å². The van der Waals surface area contributed by atoms with E-state index in [0.29, 0.717) is 12.8 Å². The Morgan fingerprint density at radius 3 is 2.21 bits per heavy atom. The first-order chi connectivity index (χ1) is 22.3. The Labute approximate surface area is 273 Å². The third-order valence-electron chi connectivity index (χ3n) is 7.89. The molecule has 1 saturated heterocycles. The van der Waals surface area contributed by atoms with Crippen LogP contribution in [0.3, 0.4) is 0 Å². The van der Waals surface area contributed by atoms with Crippen molar-refractivity contribution >= 4 is 35.5 Å². The molecule has 2 aromatic rings. The van der Waals surface area contributed by atoms with Gasteiger partial charge in [0, 0.05) is 20.0 Å². The summed E-state index contributed by atoms with van der Waals surface area (Å²) in [6.45, 7) is 2.79. The monoisotopic (exact) mass is 652 g/mol. The first-order valence-electron chi connectivity index (χ1n) is 15.5. The van der Waals surface area contributed by atoms with E-state index in [4.69, 9.17) is 10.8 Å². The molecule has 14 heteroatoms. The van der Waals surface area contributed by atoms with Gasteiger partial charge in [0.05, 0.1) is 12.6 Å². The summed E-state index contributed by atoms with van der Waals surface area (Å²) in [5, 5.41) is 26.5.